The van der Waals surface area contributed by atoms with Gasteiger partial charge in [0.15, 0.2) is 11.5 Å². The van der Waals surface area contributed by atoms with Crippen LogP contribution in [0.25, 0.3) is 0 Å². The molecule has 2 aromatic rings. The van der Waals surface area contributed by atoms with Crippen molar-refractivity contribution in [2.75, 3.05) is 27.3 Å². The van der Waals surface area contributed by atoms with Gasteiger partial charge in [0, 0.05) is 19.6 Å². The first-order chi connectivity index (χ1) is 13.6. The Bertz CT molecular complexity index is 756. The Morgan fingerprint density at radius 2 is 1.61 bits per heavy atom. The van der Waals surface area contributed by atoms with E-state index in [1.165, 1.54) is 37.1 Å². The summed E-state index contributed by atoms with van der Waals surface area (Å²) in [7, 11) is 3.22. The lowest BCUT2D eigenvalue weighted by Gasteiger charge is -2.30. The van der Waals surface area contributed by atoms with Gasteiger partial charge in [-0.3, -0.25) is 4.90 Å². The van der Waals surface area contributed by atoms with Crippen LogP contribution in [0.15, 0.2) is 36.4 Å². The van der Waals surface area contributed by atoms with Crippen molar-refractivity contribution in [3.8, 4) is 11.5 Å². The minimum Gasteiger partial charge on any atom is -0.493 e. The van der Waals surface area contributed by atoms with Gasteiger partial charge in [0.05, 0.1) is 19.2 Å². The summed E-state index contributed by atoms with van der Waals surface area (Å²) in [6, 6.07) is 12.8. The second-order valence-corrected chi connectivity index (χ2v) is 8.10. The number of methoxy groups -OCH3 is 2. The SMILES string of the molecule is COc1cc(CNCc2ccc(CN3CCC(C)CC3)cc2)cc(Cl)c1OC. The largest absolute Gasteiger partial charge is 0.493 e. The summed E-state index contributed by atoms with van der Waals surface area (Å²) in [5.41, 5.74) is 3.74. The van der Waals surface area contributed by atoms with Crippen molar-refractivity contribution >= 4 is 11.6 Å². The molecule has 1 saturated heterocycles. The molecule has 1 aliphatic rings. The number of piperidine rings is 1. The number of nitrogens with zero attached hydrogens (tertiary/aromatic N) is 1. The van der Waals surface area contributed by atoms with Crippen molar-refractivity contribution in [2.24, 2.45) is 5.92 Å². The molecule has 0 amide bonds. The third kappa shape index (κ3) is 5.63. The van der Waals surface area contributed by atoms with Crippen LogP contribution in [0.1, 0.15) is 36.5 Å². The van der Waals surface area contributed by atoms with Crippen molar-refractivity contribution in [1.82, 2.24) is 10.2 Å². The first kappa shape index (κ1) is 21.0. The van der Waals surface area contributed by atoms with Gasteiger partial charge >= 0.3 is 0 Å². The highest BCUT2D eigenvalue weighted by molar-refractivity contribution is 6.32. The van der Waals surface area contributed by atoms with E-state index in [0.717, 1.165) is 24.6 Å². The fourth-order valence-electron chi connectivity index (χ4n) is 3.67. The van der Waals surface area contributed by atoms with Crippen LogP contribution in [0.4, 0.5) is 0 Å². The molecule has 0 aliphatic carbocycles. The lowest BCUT2D eigenvalue weighted by molar-refractivity contribution is 0.185. The van der Waals surface area contributed by atoms with Gasteiger partial charge in [-0.2, -0.15) is 0 Å². The molecule has 0 atom stereocenters. The Hall–Kier alpha value is -1.75. The van der Waals surface area contributed by atoms with Gasteiger partial charge in [-0.15, -0.1) is 0 Å². The summed E-state index contributed by atoms with van der Waals surface area (Å²) in [6.45, 7) is 7.39. The van der Waals surface area contributed by atoms with Crippen LogP contribution in [-0.4, -0.2) is 32.2 Å². The molecule has 1 fully saturated rings. The van der Waals surface area contributed by atoms with Crippen molar-refractivity contribution in [3.05, 3.63) is 58.1 Å². The van der Waals surface area contributed by atoms with Crippen LogP contribution >= 0.6 is 11.6 Å². The molecule has 1 aliphatic heterocycles. The molecule has 2 aromatic carbocycles. The zero-order chi connectivity index (χ0) is 19.9. The van der Waals surface area contributed by atoms with E-state index < -0.39 is 0 Å². The van der Waals surface area contributed by atoms with Crippen LogP contribution in [0, 0.1) is 5.92 Å². The summed E-state index contributed by atoms with van der Waals surface area (Å²) in [5.74, 6) is 2.11. The number of nitrogens with one attached hydrogen (secondary N) is 1. The van der Waals surface area contributed by atoms with Crippen molar-refractivity contribution < 1.29 is 9.47 Å². The third-order valence-corrected chi connectivity index (χ3v) is 5.74. The molecule has 152 valence electrons. The number of likely N-dealkylation sites (tertiary alicyclic amines) is 1. The van der Waals surface area contributed by atoms with E-state index in [1.807, 2.05) is 12.1 Å². The standard InChI is InChI=1S/C23H31ClN2O2/c1-17-8-10-26(11-9-17)16-19-6-4-18(5-7-19)14-25-15-20-12-21(24)23(28-3)22(13-20)27-2/h4-7,12-13,17,25H,8-11,14-16H2,1-3H3. The average molecular weight is 403 g/mol. The van der Waals surface area contributed by atoms with Crippen LogP contribution in [0.2, 0.25) is 5.02 Å². The molecular weight excluding hydrogens is 372 g/mol. The Labute approximate surface area is 173 Å². The summed E-state index contributed by atoms with van der Waals surface area (Å²) in [5, 5.41) is 4.04. The zero-order valence-electron chi connectivity index (χ0n) is 17.1. The normalized spacial score (nSPS) is 15.6. The van der Waals surface area contributed by atoms with Crippen molar-refractivity contribution in [3.63, 3.8) is 0 Å². The van der Waals surface area contributed by atoms with Crippen LogP contribution in [0.3, 0.4) is 0 Å². The summed E-state index contributed by atoms with van der Waals surface area (Å²) in [6.07, 6.45) is 2.64. The predicted molar refractivity (Wildman–Crippen MR) is 115 cm³/mol. The molecule has 28 heavy (non-hydrogen) atoms. The monoisotopic (exact) mass is 402 g/mol. The molecular formula is C23H31ClN2O2. The first-order valence-corrected chi connectivity index (χ1v) is 10.4. The molecule has 1 heterocycles. The Morgan fingerprint density at radius 3 is 2.25 bits per heavy atom. The lowest BCUT2D eigenvalue weighted by Crippen LogP contribution is -2.32. The van der Waals surface area contributed by atoms with E-state index in [1.54, 1.807) is 14.2 Å². The first-order valence-electron chi connectivity index (χ1n) is 10.0. The van der Waals surface area contributed by atoms with Crippen molar-refractivity contribution in [2.45, 2.75) is 39.4 Å². The van der Waals surface area contributed by atoms with Gasteiger partial charge in [-0.05, 0) is 60.7 Å². The molecule has 0 radical (unpaired) electrons. The molecule has 0 saturated carbocycles. The Morgan fingerprint density at radius 1 is 0.964 bits per heavy atom. The quantitative estimate of drug-likeness (QED) is 0.682. The second kappa shape index (κ2) is 10.1. The maximum Gasteiger partial charge on any atom is 0.179 e. The predicted octanol–water partition coefficient (Wildman–Crippen LogP) is 4.88. The molecule has 0 spiro atoms. The molecule has 3 rings (SSSR count). The Kier molecular flexibility index (Phi) is 7.60. The van der Waals surface area contributed by atoms with E-state index in [-0.39, 0.29) is 0 Å². The van der Waals surface area contributed by atoms with Crippen molar-refractivity contribution in [1.29, 1.82) is 0 Å². The van der Waals surface area contributed by atoms with E-state index in [9.17, 15) is 0 Å². The maximum atomic E-state index is 6.28. The van der Waals surface area contributed by atoms with Gasteiger partial charge < -0.3 is 14.8 Å². The number of hydrogen-bond donors (Lipinski definition) is 1. The number of rotatable bonds is 8. The molecule has 1 N–H and O–H groups in total. The van der Waals surface area contributed by atoms with E-state index >= 15 is 0 Å². The van der Waals surface area contributed by atoms with Crippen LogP contribution in [-0.2, 0) is 19.6 Å². The highest BCUT2D eigenvalue weighted by Gasteiger charge is 2.15. The number of ether oxygens (including phenoxy) is 2. The second-order valence-electron chi connectivity index (χ2n) is 7.69. The smallest absolute Gasteiger partial charge is 0.179 e. The number of halogens is 1. The minimum atomic E-state index is 0.565. The highest BCUT2D eigenvalue weighted by atomic mass is 35.5. The summed E-state index contributed by atoms with van der Waals surface area (Å²) in [4.78, 5) is 2.56. The van der Waals surface area contributed by atoms with Gasteiger partial charge in [0.2, 0.25) is 0 Å². The fraction of sp³-hybridized carbons (Fsp3) is 0.478. The summed E-state index contributed by atoms with van der Waals surface area (Å²) >= 11 is 6.28. The zero-order valence-corrected chi connectivity index (χ0v) is 17.9. The minimum absolute atomic E-state index is 0.565. The van der Waals surface area contributed by atoms with Gasteiger partial charge in [-0.25, -0.2) is 0 Å². The summed E-state index contributed by atoms with van der Waals surface area (Å²) < 4.78 is 10.6. The lowest BCUT2D eigenvalue weighted by atomic mass is 9.99. The molecule has 0 bridgehead atoms. The van der Waals surface area contributed by atoms with Gasteiger partial charge in [0.25, 0.3) is 0 Å². The van der Waals surface area contributed by atoms with Crippen LogP contribution < -0.4 is 14.8 Å². The molecule has 0 unspecified atom stereocenters. The highest BCUT2D eigenvalue weighted by Crippen LogP contribution is 2.35. The van der Waals surface area contributed by atoms with Gasteiger partial charge in [-0.1, -0.05) is 42.8 Å². The van der Waals surface area contributed by atoms with E-state index in [0.29, 0.717) is 23.1 Å². The number of benzene rings is 2. The fourth-order valence-corrected chi connectivity index (χ4v) is 3.98. The molecule has 0 aromatic heterocycles. The number of hydrogen-bond acceptors (Lipinski definition) is 4. The van der Waals surface area contributed by atoms with E-state index in [4.69, 9.17) is 21.1 Å². The molecule has 5 heteroatoms. The topological polar surface area (TPSA) is 33.7 Å². The average Bonchev–Trinajstić information content (AvgIpc) is 2.70. The third-order valence-electron chi connectivity index (χ3n) is 5.46. The van der Waals surface area contributed by atoms with E-state index in [2.05, 4.69) is 41.4 Å². The van der Waals surface area contributed by atoms with Gasteiger partial charge in [0.1, 0.15) is 0 Å². The Balaban J connectivity index is 1.49. The van der Waals surface area contributed by atoms with Crippen LogP contribution in [0.5, 0.6) is 11.5 Å². The molecule has 4 nitrogen and oxygen atoms in total. The maximum absolute atomic E-state index is 6.28.